The molecule has 0 spiro atoms. The average Bonchev–Trinajstić information content (AvgIpc) is 2.77. The number of anilines is 1. The number of para-hydroxylation sites is 1. The molecule has 118 valence electrons. The van der Waals surface area contributed by atoms with Crippen LogP contribution >= 0.6 is 0 Å². The van der Waals surface area contributed by atoms with Gasteiger partial charge in [-0.25, -0.2) is 0 Å². The zero-order chi connectivity index (χ0) is 16.2. The van der Waals surface area contributed by atoms with E-state index in [1.807, 2.05) is 18.2 Å². The first-order chi connectivity index (χ1) is 10.5. The van der Waals surface area contributed by atoms with Gasteiger partial charge < -0.3 is 9.64 Å². The highest BCUT2D eigenvalue weighted by Gasteiger charge is 2.36. The van der Waals surface area contributed by atoms with Crippen molar-refractivity contribution in [2.75, 3.05) is 18.2 Å². The molecule has 2 unspecified atom stereocenters. The Labute approximate surface area is 135 Å². The molecule has 0 bridgehead atoms. The Morgan fingerprint density at radius 2 is 2.09 bits per heavy atom. The van der Waals surface area contributed by atoms with Crippen LogP contribution in [-0.4, -0.2) is 27.5 Å². The third-order valence-corrected chi connectivity index (χ3v) is 5.90. The van der Waals surface area contributed by atoms with E-state index in [-0.39, 0.29) is 12.0 Å². The summed E-state index contributed by atoms with van der Waals surface area (Å²) in [7, 11) is -1.06. The maximum Gasteiger partial charge on any atom is 0.119 e. The summed E-state index contributed by atoms with van der Waals surface area (Å²) < 4.78 is 5.94. The van der Waals surface area contributed by atoms with Crippen molar-refractivity contribution in [1.29, 1.82) is 5.26 Å². The van der Waals surface area contributed by atoms with Crippen molar-refractivity contribution in [3.63, 3.8) is 0 Å². The van der Waals surface area contributed by atoms with Crippen LogP contribution in [0.25, 0.3) is 0 Å². The van der Waals surface area contributed by atoms with Crippen molar-refractivity contribution < 1.29 is 4.74 Å². The van der Waals surface area contributed by atoms with Crippen molar-refractivity contribution >= 4 is 13.8 Å². The van der Waals surface area contributed by atoms with Crippen LogP contribution in [-0.2, 0) is 4.74 Å². The minimum atomic E-state index is -1.06. The van der Waals surface area contributed by atoms with Gasteiger partial charge in [-0.1, -0.05) is 43.9 Å². The Bertz CT molecular complexity index is 559. The van der Waals surface area contributed by atoms with E-state index < -0.39 is 8.07 Å². The van der Waals surface area contributed by atoms with E-state index >= 15 is 0 Å². The lowest BCUT2D eigenvalue weighted by Gasteiger charge is -2.27. The van der Waals surface area contributed by atoms with E-state index in [0.717, 1.165) is 6.61 Å². The largest absolute Gasteiger partial charge is 0.361 e. The van der Waals surface area contributed by atoms with E-state index in [9.17, 15) is 0 Å². The van der Waals surface area contributed by atoms with Gasteiger partial charge in [0.25, 0.3) is 0 Å². The Balaban J connectivity index is 2.09. The number of fused-ring (bicyclic) bond motifs is 1. The molecule has 3 nitrogen and oxygen atoms in total. The lowest BCUT2D eigenvalue weighted by Crippen LogP contribution is -2.35. The standard InChI is InChI=1S/C18H26N2OSi/c1-5-17-16(10-11-19)15-8-6-7-9-18(15)20(17)14-21-12-13-22(2,3)4/h5-9,16-17H,1,10,12-14H2,2-4H3. The van der Waals surface area contributed by atoms with E-state index in [1.165, 1.54) is 17.3 Å². The fraction of sp³-hybridized carbons (Fsp3) is 0.500. The number of nitriles is 1. The smallest absolute Gasteiger partial charge is 0.119 e. The van der Waals surface area contributed by atoms with Gasteiger partial charge in [-0.15, -0.1) is 6.58 Å². The molecule has 0 amide bonds. The van der Waals surface area contributed by atoms with Crippen LogP contribution in [0.3, 0.4) is 0 Å². The first-order valence-corrected chi connectivity index (χ1v) is 11.6. The predicted octanol–water partition coefficient (Wildman–Crippen LogP) is 4.37. The summed E-state index contributed by atoms with van der Waals surface area (Å²) in [4.78, 5) is 2.24. The molecular formula is C18H26N2OSi. The van der Waals surface area contributed by atoms with Gasteiger partial charge in [0.15, 0.2) is 0 Å². The summed E-state index contributed by atoms with van der Waals surface area (Å²) in [5.74, 6) is 0.194. The van der Waals surface area contributed by atoms with Gasteiger partial charge in [0, 0.05) is 32.7 Å². The van der Waals surface area contributed by atoms with E-state index in [1.54, 1.807) is 0 Å². The SMILES string of the molecule is C=CC1C(CC#N)c2ccccc2N1COCC[Si](C)(C)C. The highest BCUT2D eigenvalue weighted by molar-refractivity contribution is 6.76. The molecule has 0 aromatic heterocycles. The molecule has 0 N–H and O–H groups in total. The Kier molecular flexibility index (Phi) is 5.44. The van der Waals surface area contributed by atoms with Crippen LogP contribution < -0.4 is 4.90 Å². The first kappa shape index (κ1) is 16.8. The molecule has 4 heteroatoms. The molecule has 22 heavy (non-hydrogen) atoms. The van der Waals surface area contributed by atoms with Crippen molar-refractivity contribution in [2.45, 2.75) is 44.1 Å². The van der Waals surface area contributed by atoms with Gasteiger partial charge in [-0.05, 0) is 17.7 Å². The van der Waals surface area contributed by atoms with Crippen LogP contribution in [0.4, 0.5) is 5.69 Å². The zero-order valence-electron chi connectivity index (χ0n) is 13.9. The lowest BCUT2D eigenvalue weighted by molar-refractivity contribution is 0.143. The molecule has 2 atom stereocenters. The normalized spacial score (nSPS) is 20.5. The molecule has 2 rings (SSSR count). The lowest BCUT2D eigenvalue weighted by atomic mass is 9.92. The number of benzene rings is 1. The fourth-order valence-electron chi connectivity index (χ4n) is 2.94. The summed E-state index contributed by atoms with van der Waals surface area (Å²) in [6.45, 7) is 12.4. The molecule has 1 heterocycles. The van der Waals surface area contributed by atoms with E-state index in [2.05, 4.69) is 49.3 Å². The first-order valence-electron chi connectivity index (χ1n) is 7.91. The molecule has 0 aliphatic carbocycles. The molecule has 1 aliphatic rings. The van der Waals surface area contributed by atoms with E-state index in [4.69, 9.17) is 10.00 Å². The number of hydrogen-bond donors (Lipinski definition) is 0. The molecule has 0 saturated heterocycles. The topological polar surface area (TPSA) is 36.3 Å². The number of ether oxygens (including phenoxy) is 1. The summed E-state index contributed by atoms with van der Waals surface area (Å²) >= 11 is 0. The van der Waals surface area contributed by atoms with Gasteiger partial charge >= 0.3 is 0 Å². The fourth-order valence-corrected chi connectivity index (χ4v) is 3.70. The molecule has 1 aromatic carbocycles. The average molecular weight is 315 g/mol. The third-order valence-electron chi connectivity index (χ3n) is 4.20. The van der Waals surface area contributed by atoms with Gasteiger partial charge in [0.05, 0.1) is 12.1 Å². The summed E-state index contributed by atoms with van der Waals surface area (Å²) in [6.07, 6.45) is 2.46. The van der Waals surface area contributed by atoms with Crippen molar-refractivity contribution in [3.8, 4) is 6.07 Å². The van der Waals surface area contributed by atoms with Gasteiger partial charge in [-0.3, -0.25) is 0 Å². The molecule has 1 aromatic rings. The quantitative estimate of drug-likeness (QED) is 0.426. The second kappa shape index (κ2) is 7.13. The van der Waals surface area contributed by atoms with Gasteiger partial charge in [0.1, 0.15) is 6.73 Å². The van der Waals surface area contributed by atoms with Crippen LogP contribution in [0.1, 0.15) is 17.9 Å². The Morgan fingerprint density at radius 3 is 2.73 bits per heavy atom. The minimum absolute atomic E-state index is 0.143. The summed E-state index contributed by atoms with van der Waals surface area (Å²) in [5, 5.41) is 9.13. The third kappa shape index (κ3) is 3.79. The molecule has 0 fully saturated rings. The van der Waals surface area contributed by atoms with Gasteiger partial charge in [-0.2, -0.15) is 5.26 Å². The maximum atomic E-state index is 9.13. The van der Waals surface area contributed by atoms with Crippen LogP contribution in [0.15, 0.2) is 36.9 Å². The zero-order valence-corrected chi connectivity index (χ0v) is 14.9. The van der Waals surface area contributed by atoms with Crippen molar-refractivity contribution in [3.05, 3.63) is 42.5 Å². The van der Waals surface area contributed by atoms with Crippen LogP contribution in [0.2, 0.25) is 25.7 Å². The molecule has 1 aliphatic heterocycles. The minimum Gasteiger partial charge on any atom is -0.361 e. The molecule has 0 radical (unpaired) electrons. The van der Waals surface area contributed by atoms with E-state index in [0.29, 0.717) is 13.2 Å². The maximum absolute atomic E-state index is 9.13. The Hall–Kier alpha value is -1.57. The highest BCUT2D eigenvalue weighted by Crippen LogP contribution is 2.42. The van der Waals surface area contributed by atoms with Crippen LogP contribution in [0, 0.1) is 11.3 Å². The van der Waals surface area contributed by atoms with Crippen molar-refractivity contribution in [2.24, 2.45) is 0 Å². The monoisotopic (exact) mass is 314 g/mol. The highest BCUT2D eigenvalue weighted by atomic mass is 28.3. The van der Waals surface area contributed by atoms with Crippen molar-refractivity contribution in [1.82, 2.24) is 0 Å². The molecule has 0 saturated carbocycles. The number of hydrogen-bond acceptors (Lipinski definition) is 3. The molecular weight excluding hydrogens is 288 g/mol. The number of nitrogens with zero attached hydrogens (tertiary/aromatic N) is 2. The van der Waals surface area contributed by atoms with Gasteiger partial charge in [0.2, 0.25) is 0 Å². The summed E-state index contributed by atoms with van der Waals surface area (Å²) in [5.41, 5.74) is 2.42. The Morgan fingerprint density at radius 1 is 1.36 bits per heavy atom. The predicted molar refractivity (Wildman–Crippen MR) is 94.8 cm³/mol. The van der Waals surface area contributed by atoms with Crippen LogP contribution in [0.5, 0.6) is 0 Å². The number of rotatable bonds is 7. The second-order valence-corrected chi connectivity index (χ2v) is 12.7. The summed E-state index contributed by atoms with van der Waals surface area (Å²) in [6, 6.07) is 11.9. The second-order valence-electron chi connectivity index (χ2n) is 7.07.